The largest absolute Gasteiger partial charge is 0.493 e. The van der Waals surface area contributed by atoms with Gasteiger partial charge in [0, 0.05) is 13.5 Å². The van der Waals surface area contributed by atoms with Crippen molar-refractivity contribution in [3.05, 3.63) is 29.8 Å². The molecule has 0 radical (unpaired) electrons. The monoisotopic (exact) mass is 281 g/mol. The summed E-state index contributed by atoms with van der Waals surface area (Å²) in [5, 5.41) is 0. The summed E-state index contributed by atoms with van der Waals surface area (Å²) in [6.07, 6.45) is 0.389. The van der Waals surface area contributed by atoms with E-state index < -0.39 is 11.5 Å². The van der Waals surface area contributed by atoms with E-state index in [1.54, 1.807) is 21.0 Å². The van der Waals surface area contributed by atoms with Crippen molar-refractivity contribution in [3.63, 3.8) is 0 Å². The van der Waals surface area contributed by atoms with E-state index in [2.05, 4.69) is 0 Å². The van der Waals surface area contributed by atoms with Crippen LogP contribution in [0.25, 0.3) is 0 Å². The third-order valence-electron chi connectivity index (χ3n) is 2.84. The highest BCUT2D eigenvalue weighted by Crippen LogP contribution is 2.16. The van der Waals surface area contributed by atoms with Gasteiger partial charge in [-0.15, -0.1) is 0 Å². The fourth-order valence-corrected chi connectivity index (χ4v) is 1.67. The third kappa shape index (κ3) is 5.19. The Kier molecular flexibility index (Phi) is 6.48. The quantitative estimate of drug-likeness (QED) is 0.737. The second kappa shape index (κ2) is 7.87. The molecule has 1 aromatic rings. The molecule has 20 heavy (non-hydrogen) atoms. The molecular weight excluding hydrogens is 258 g/mol. The van der Waals surface area contributed by atoms with E-state index in [4.69, 9.17) is 19.9 Å². The van der Waals surface area contributed by atoms with Gasteiger partial charge in [-0.3, -0.25) is 4.79 Å². The topological polar surface area (TPSA) is 70.8 Å². The maximum absolute atomic E-state index is 11.6. The van der Waals surface area contributed by atoms with Gasteiger partial charge >= 0.3 is 5.97 Å². The second-order valence-corrected chi connectivity index (χ2v) is 4.82. The van der Waals surface area contributed by atoms with Gasteiger partial charge in [-0.1, -0.05) is 12.1 Å². The first-order valence-electron chi connectivity index (χ1n) is 6.66. The lowest BCUT2D eigenvalue weighted by atomic mass is 10.0. The number of ether oxygens (including phenoxy) is 3. The van der Waals surface area contributed by atoms with Gasteiger partial charge in [0.05, 0.1) is 19.8 Å². The molecule has 0 aliphatic heterocycles. The molecule has 0 heterocycles. The fourth-order valence-electron chi connectivity index (χ4n) is 1.67. The number of benzene rings is 1. The molecule has 1 unspecified atom stereocenters. The van der Waals surface area contributed by atoms with Gasteiger partial charge in [-0.2, -0.15) is 0 Å². The molecule has 0 saturated carbocycles. The Morgan fingerprint density at radius 2 is 2.15 bits per heavy atom. The van der Waals surface area contributed by atoms with Crippen LogP contribution in [-0.2, 0) is 20.9 Å². The Hall–Kier alpha value is -1.59. The fraction of sp³-hybridized carbons (Fsp3) is 0.533. The van der Waals surface area contributed by atoms with Crippen LogP contribution >= 0.6 is 0 Å². The number of hydrogen-bond acceptors (Lipinski definition) is 5. The zero-order valence-electron chi connectivity index (χ0n) is 12.3. The summed E-state index contributed by atoms with van der Waals surface area (Å²) in [4.78, 5) is 11.6. The van der Waals surface area contributed by atoms with Crippen molar-refractivity contribution in [1.29, 1.82) is 0 Å². The third-order valence-corrected chi connectivity index (χ3v) is 2.84. The number of rotatable bonds is 8. The highest BCUT2D eigenvalue weighted by molar-refractivity contribution is 5.79. The van der Waals surface area contributed by atoms with Gasteiger partial charge in [0.15, 0.2) is 0 Å². The average Bonchev–Trinajstić information content (AvgIpc) is 2.39. The van der Waals surface area contributed by atoms with Crippen molar-refractivity contribution in [1.82, 2.24) is 0 Å². The van der Waals surface area contributed by atoms with Crippen molar-refractivity contribution < 1.29 is 19.0 Å². The van der Waals surface area contributed by atoms with Crippen molar-refractivity contribution in [2.45, 2.75) is 32.4 Å². The first-order chi connectivity index (χ1) is 9.49. The van der Waals surface area contributed by atoms with Crippen LogP contribution in [0.5, 0.6) is 5.75 Å². The molecule has 2 N–H and O–H groups in total. The Morgan fingerprint density at radius 1 is 1.40 bits per heavy atom. The first kappa shape index (κ1) is 16.5. The normalized spacial score (nSPS) is 13.6. The zero-order valence-corrected chi connectivity index (χ0v) is 12.3. The van der Waals surface area contributed by atoms with Gasteiger partial charge in [0.1, 0.15) is 11.3 Å². The minimum absolute atomic E-state index is 0.325. The summed E-state index contributed by atoms with van der Waals surface area (Å²) in [6.45, 7) is 4.61. The highest BCUT2D eigenvalue weighted by atomic mass is 16.5. The van der Waals surface area contributed by atoms with Gasteiger partial charge < -0.3 is 19.9 Å². The Bertz CT molecular complexity index is 432. The smallest absolute Gasteiger partial charge is 0.325 e. The lowest BCUT2D eigenvalue weighted by molar-refractivity contribution is -0.149. The van der Waals surface area contributed by atoms with Crippen LogP contribution in [0.4, 0.5) is 0 Å². The average molecular weight is 281 g/mol. The molecule has 5 nitrogen and oxygen atoms in total. The van der Waals surface area contributed by atoms with Crippen LogP contribution in [0.1, 0.15) is 25.8 Å². The maximum atomic E-state index is 11.6. The summed E-state index contributed by atoms with van der Waals surface area (Å²) in [5.74, 6) is 0.330. The molecule has 1 rings (SSSR count). The number of methoxy groups -OCH3 is 1. The van der Waals surface area contributed by atoms with Gasteiger partial charge in [-0.05, 0) is 31.5 Å². The van der Waals surface area contributed by atoms with Crippen LogP contribution < -0.4 is 10.5 Å². The standard InChI is InChI=1S/C15H23NO4/c1-4-19-14(17)15(2,16)8-9-20-13-7-5-6-12(10-13)11-18-3/h5-7,10H,4,8-9,11,16H2,1-3H3. The molecule has 0 fully saturated rings. The molecule has 0 bridgehead atoms. The second-order valence-electron chi connectivity index (χ2n) is 4.82. The molecule has 0 amide bonds. The lowest BCUT2D eigenvalue weighted by Crippen LogP contribution is -2.47. The van der Waals surface area contributed by atoms with Crippen molar-refractivity contribution in [3.8, 4) is 5.75 Å². The highest BCUT2D eigenvalue weighted by Gasteiger charge is 2.29. The number of nitrogens with two attached hydrogens (primary N) is 1. The van der Waals surface area contributed by atoms with Crippen molar-refractivity contribution >= 4 is 5.97 Å². The molecule has 1 aromatic carbocycles. The Balaban J connectivity index is 2.47. The minimum atomic E-state index is -1.03. The van der Waals surface area contributed by atoms with Gasteiger partial charge in [0.2, 0.25) is 0 Å². The minimum Gasteiger partial charge on any atom is -0.493 e. The van der Waals surface area contributed by atoms with E-state index in [0.29, 0.717) is 26.2 Å². The van der Waals surface area contributed by atoms with E-state index in [1.165, 1.54) is 0 Å². The van der Waals surface area contributed by atoms with Crippen LogP contribution in [0.2, 0.25) is 0 Å². The number of hydrogen-bond donors (Lipinski definition) is 1. The van der Waals surface area contributed by atoms with Crippen molar-refractivity contribution in [2.24, 2.45) is 5.73 Å². The molecule has 0 aliphatic rings. The summed E-state index contributed by atoms with van der Waals surface area (Å²) in [7, 11) is 1.65. The van der Waals surface area contributed by atoms with Gasteiger partial charge in [0.25, 0.3) is 0 Å². The first-order valence-corrected chi connectivity index (χ1v) is 6.66. The molecule has 5 heteroatoms. The number of carbonyl (C=O) groups excluding carboxylic acids is 1. The van der Waals surface area contributed by atoms with Gasteiger partial charge in [-0.25, -0.2) is 0 Å². The Labute approximate surface area is 120 Å². The summed E-state index contributed by atoms with van der Waals surface area (Å²) in [5.41, 5.74) is 5.92. The maximum Gasteiger partial charge on any atom is 0.325 e. The molecule has 0 saturated heterocycles. The number of esters is 1. The van der Waals surface area contributed by atoms with Crippen LogP contribution in [-0.4, -0.2) is 31.8 Å². The molecule has 112 valence electrons. The van der Waals surface area contributed by atoms with Crippen LogP contribution in [0, 0.1) is 0 Å². The van der Waals surface area contributed by atoms with E-state index in [9.17, 15) is 4.79 Å². The summed E-state index contributed by atoms with van der Waals surface area (Å²) < 4.78 is 15.6. The predicted octanol–water partition coefficient (Wildman–Crippen LogP) is 1.88. The molecule has 0 aliphatic carbocycles. The van der Waals surface area contributed by atoms with Crippen molar-refractivity contribution in [2.75, 3.05) is 20.3 Å². The van der Waals surface area contributed by atoms with Crippen LogP contribution in [0.15, 0.2) is 24.3 Å². The lowest BCUT2D eigenvalue weighted by Gasteiger charge is -2.22. The summed E-state index contributed by atoms with van der Waals surface area (Å²) >= 11 is 0. The molecule has 0 aromatic heterocycles. The molecular formula is C15H23NO4. The zero-order chi connectivity index (χ0) is 15.0. The van der Waals surface area contributed by atoms with E-state index in [0.717, 1.165) is 11.3 Å². The number of carbonyl (C=O) groups is 1. The predicted molar refractivity (Wildman–Crippen MR) is 76.5 cm³/mol. The molecule has 0 spiro atoms. The SMILES string of the molecule is CCOC(=O)C(C)(N)CCOc1cccc(COC)c1. The van der Waals surface area contributed by atoms with E-state index >= 15 is 0 Å². The van der Waals surface area contributed by atoms with Crippen LogP contribution in [0.3, 0.4) is 0 Å². The molecule has 1 atom stereocenters. The van der Waals surface area contributed by atoms with E-state index in [-0.39, 0.29) is 0 Å². The Morgan fingerprint density at radius 3 is 2.80 bits per heavy atom. The van der Waals surface area contributed by atoms with E-state index in [1.807, 2.05) is 24.3 Å². The summed E-state index contributed by atoms with van der Waals surface area (Å²) in [6, 6.07) is 7.62.